The highest BCUT2D eigenvalue weighted by molar-refractivity contribution is 9.10. The fourth-order valence-electron chi connectivity index (χ4n) is 2.10. The van der Waals surface area contributed by atoms with E-state index in [1.807, 2.05) is 12.1 Å². The summed E-state index contributed by atoms with van der Waals surface area (Å²) in [6.45, 7) is 0.419. The van der Waals surface area contributed by atoms with Gasteiger partial charge in [0.15, 0.2) is 11.5 Å². The van der Waals surface area contributed by atoms with Gasteiger partial charge in [-0.3, -0.25) is 4.99 Å². The van der Waals surface area contributed by atoms with Crippen LogP contribution in [-0.2, 0) is 6.54 Å². The first kappa shape index (κ1) is 17.1. The maximum atomic E-state index is 9.80. The maximum Gasteiger partial charge on any atom is 0.203 e. The number of phenolic OH excluding ortho intramolecular Hbond substituents is 1. The second kappa shape index (κ2) is 7.87. The largest absolute Gasteiger partial charge is 0.507 e. The van der Waals surface area contributed by atoms with E-state index in [9.17, 15) is 5.11 Å². The Morgan fingerprint density at radius 1 is 1.04 bits per heavy atom. The molecule has 0 atom stereocenters. The van der Waals surface area contributed by atoms with E-state index in [2.05, 4.69) is 20.9 Å². The van der Waals surface area contributed by atoms with Crippen molar-refractivity contribution in [3.05, 3.63) is 45.9 Å². The average Bonchev–Trinajstić information content (AvgIpc) is 2.56. The van der Waals surface area contributed by atoms with Gasteiger partial charge in [-0.25, -0.2) is 0 Å². The molecular weight excluding hydrogens is 362 g/mol. The highest BCUT2D eigenvalue weighted by atomic mass is 79.9. The summed E-state index contributed by atoms with van der Waals surface area (Å²) in [6, 6.07) is 8.88. The van der Waals surface area contributed by atoms with Crippen LogP contribution >= 0.6 is 15.9 Å². The molecule has 0 heterocycles. The van der Waals surface area contributed by atoms with E-state index in [-0.39, 0.29) is 5.75 Å². The number of aromatic hydroxyl groups is 1. The van der Waals surface area contributed by atoms with Gasteiger partial charge in [0.2, 0.25) is 5.75 Å². The first-order valence-electron chi connectivity index (χ1n) is 6.86. The van der Waals surface area contributed by atoms with Gasteiger partial charge in [-0.15, -0.1) is 0 Å². The fraction of sp³-hybridized carbons (Fsp3) is 0.235. The monoisotopic (exact) mass is 379 g/mol. The Morgan fingerprint density at radius 3 is 2.26 bits per heavy atom. The van der Waals surface area contributed by atoms with Gasteiger partial charge in [-0.2, -0.15) is 0 Å². The molecule has 0 unspecified atom stereocenters. The second-order valence-electron chi connectivity index (χ2n) is 4.71. The van der Waals surface area contributed by atoms with E-state index < -0.39 is 0 Å². The predicted octanol–water partition coefficient (Wildman–Crippen LogP) is 3.80. The minimum atomic E-state index is 0.182. The average molecular weight is 380 g/mol. The Balaban J connectivity index is 2.23. The summed E-state index contributed by atoms with van der Waals surface area (Å²) in [7, 11) is 4.71. The van der Waals surface area contributed by atoms with Crippen molar-refractivity contribution >= 4 is 22.1 Å². The van der Waals surface area contributed by atoms with Crippen LogP contribution in [0.15, 0.2) is 39.8 Å². The zero-order valence-electron chi connectivity index (χ0n) is 13.2. The van der Waals surface area contributed by atoms with Crippen LogP contribution in [0, 0.1) is 0 Å². The van der Waals surface area contributed by atoms with Gasteiger partial charge in [-0.1, -0.05) is 15.9 Å². The van der Waals surface area contributed by atoms with E-state index in [1.54, 1.807) is 45.7 Å². The molecule has 0 aliphatic rings. The van der Waals surface area contributed by atoms with Crippen molar-refractivity contribution in [3.8, 4) is 23.0 Å². The normalized spacial score (nSPS) is 10.8. The molecule has 0 aromatic heterocycles. The first-order chi connectivity index (χ1) is 11.1. The minimum Gasteiger partial charge on any atom is -0.507 e. The molecule has 0 fully saturated rings. The van der Waals surface area contributed by atoms with Crippen molar-refractivity contribution in [2.75, 3.05) is 21.3 Å². The van der Waals surface area contributed by atoms with Gasteiger partial charge >= 0.3 is 0 Å². The Kier molecular flexibility index (Phi) is 5.87. The highest BCUT2D eigenvalue weighted by Gasteiger charge is 2.12. The molecule has 5 nitrogen and oxygen atoms in total. The van der Waals surface area contributed by atoms with Gasteiger partial charge in [0.05, 0.1) is 27.9 Å². The number of ether oxygens (including phenoxy) is 3. The third-order valence-electron chi connectivity index (χ3n) is 3.22. The summed E-state index contributed by atoms with van der Waals surface area (Å²) in [4.78, 5) is 4.36. The van der Waals surface area contributed by atoms with Crippen LogP contribution in [0.1, 0.15) is 11.1 Å². The zero-order chi connectivity index (χ0) is 16.8. The lowest BCUT2D eigenvalue weighted by molar-refractivity contribution is 0.324. The van der Waals surface area contributed by atoms with E-state index >= 15 is 0 Å². The van der Waals surface area contributed by atoms with Crippen LogP contribution in [-0.4, -0.2) is 32.7 Å². The Morgan fingerprint density at radius 2 is 1.70 bits per heavy atom. The molecule has 122 valence electrons. The maximum absolute atomic E-state index is 9.80. The molecule has 6 heteroatoms. The molecule has 0 radical (unpaired) electrons. The number of benzene rings is 2. The van der Waals surface area contributed by atoms with E-state index in [0.717, 1.165) is 10.0 Å². The molecule has 0 amide bonds. The van der Waals surface area contributed by atoms with Crippen LogP contribution in [0.5, 0.6) is 23.0 Å². The summed E-state index contributed by atoms with van der Waals surface area (Å²) in [5.41, 5.74) is 1.55. The smallest absolute Gasteiger partial charge is 0.203 e. The van der Waals surface area contributed by atoms with Crippen molar-refractivity contribution in [2.24, 2.45) is 4.99 Å². The molecule has 2 rings (SSSR count). The lowest BCUT2D eigenvalue weighted by atomic mass is 10.1. The summed E-state index contributed by atoms with van der Waals surface area (Å²) in [5, 5.41) is 9.80. The Hall–Kier alpha value is -2.21. The third kappa shape index (κ3) is 4.16. The summed E-state index contributed by atoms with van der Waals surface area (Å²) in [6.07, 6.45) is 1.63. The molecule has 0 aliphatic heterocycles. The van der Waals surface area contributed by atoms with Gasteiger partial charge in [0.25, 0.3) is 0 Å². The van der Waals surface area contributed by atoms with Gasteiger partial charge in [0.1, 0.15) is 5.75 Å². The third-order valence-corrected chi connectivity index (χ3v) is 3.71. The van der Waals surface area contributed by atoms with Crippen molar-refractivity contribution in [2.45, 2.75) is 6.54 Å². The number of phenols is 1. The van der Waals surface area contributed by atoms with Gasteiger partial charge in [0, 0.05) is 16.3 Å². The lowest BCUT2D eigenvalue weighted by Crippen LogP contribution is -1.97. The minimum absolute atomic E-state index is 0.182. The van der Waals surface area contributed by atoms with Crippen molar-refractivity contribution < 1.29 is 19.3 Å². The van der Waals surface area contributed by atoms with Crippen LogP contribution in [0.3, 0.4) is 0 Å². The lowest BCUT2D eigenvalue weighted by Gasteiger charge is -2.13. The summed E-state index contributed by atoms with van der Waals surface area (Å²) < 4.78 is 16.8. The molecule has 0 saturated carbocycles. The molecule has 0 bridgehead atoms. The first-order valence-corrected chi connectivity index (χ1v) is 7.65. The fourth-order valence-corrected chi connectivity index (χ4v) is 2.48. The molecule has 0 spiro atoms. The number of nitrogens with zero attached hydrogens (tertiary/aromatic N) is 1. The molecule has 0 saturated heterocycles. The van der Waals surface area contributed by atoms with Crippen molar-refractivity contribution in [3.63, 3.8) is 0 Å². The zero-order valence-corrected chi connectivity index (χ0v) is 14.8. The standard InChI is InChI=1S/C17H18BrNO4/c1-21-15-6-11(7-16(22-2)17(15)23-3)9-19-10-12-8-13(18)4-5-14(12)20/h4-8,10,20H,9H2,1-3H3. The molecule has 2 aromatic rings. The molecule has 23 heavy (non-hydrogen) atoms. The molecule has 2 aromatic carbocycles. The molecular formula is C17H18BrNO4. The van der Waals surface area contributed by atoms with Crippen LogP contribution < -0.4 is 14.2 Å². The van der Waals surface area contributed by atoms with Crippen LogP contribution in [0.2, 0.25) is 0 Å². The number of rotatable bonds is 6. The predicted molar refractivity (Wildman–Crippen MR) is 93.2 cm³/mol. The van der Waals surface area contributed by atoms with Crippen molar-refractivity contribution in [1.29, 1.82) is 0 Å². The van der Waals surface area contributed by atoms with E-state index in [0.29, 0.717) is 29.4 Å². The van der Waals surface area contributed by atoms with E-state index in [4.69, 9.17) is 14.2 Å². The number of methoxy groups -OCH3 is 3. The van der Waals surface area contributed by atoms with Crippen LogP contribution in [0.4, 0.5) is 0 Å². The molecule has 1 N–H and O–H groups in total. The second-order valence-corrected chi connectivity index (χ2v) is 5.62. The van der Waals surface area contributed by atoms with Crippen molar-refractivity contribution in [1.82, 2.24) is 0 Å². The highest BCUT2D eigenvalue weighted by Crippen LogP contribution is 2.38. The SMILES string of the molecule is COc1cc(CN=Cc2cc(Br)ccc2O)cc(OC)c1OC. The summed E-state index contributed by atoms with van der Waals surface area (Å²) in [5.74, 6) is 1.90. The Bertz CT molecular complexity index is 691. The van der Waals surface area contributed by atoms with Gasteiger partial charge in [-0.05, 0) is 35.9 Å². The number of aliphatic imine (C=N–C) groups is 1. The topological polar surface area (TPSA) is 60.3 Å². The Labute approximate surface area is 143 Å². The van der Waals surface area contributed by atoms with Gasteiger partial charge < -0.3 is 19.3 Å². The van der Waals surface area contributed by atoms with E-state index in [1.165, 1.54) is 0 Å². The molecule has 0 aliphatic carbocycles. The number of halogens is 1. The summed E-state index contributed by atoms with van der Waals surface area (Å²) >= 11 is 3.37. The number of hydrogen-bond acceptors (Lipinski definition) is 5. The van der Waals surface area contributed by atoms with Crippen LogP contribution in [0.25, 0.3) is 0 Å². The quantitative estimate of drug-likeness (QED) is 0.775. The number of hydrogen-bond donors (Lipinski definition) is 1.